The van der Waals surface area contributed by atoms with Crippen molar-refractivity contribution in [2.75, 3.05) is 26.2 Å². The minimum atomic E-state index is 0.111. The van der Waals surface area contributed by atoms with E-state index in [-0.39, 0.29) is 11.3 Å². The summed E-state index contributed by atoms with van der Waals surface area (Å²) in [6, 6.07) is 6.04. The summed E-state index contributed by atoms with van der Waals surface area (Å²) in [5.41, 5.74) is 2.52. The molecule has 0 radical (unpaired) electrons. The van der Waals surface area contributed by atoms with Crippen molar-refractivity contribution in [1.29, 1.82) is 0 Å². The number of piperazine rings is 1. The van der Waals surface area contributed by atoms with Gasteiger partial charge in [-0.3, -0.25) is 14.7 Å². The van der Waals surface area contributed by atoms with Crippen molar-refractivity contribution in [2.24, 2.45) is 17.3 Å². The fourth-order valence-corrected chi connectivity index (χ4v) is 3.86. The Hall–Kier alpha value is -1.68. The van der Waals surface area contributed by atoms with E-state index in [9.17, 15) is 4.79 Å². The SMILES string of the molecule is CC(C)=CC1C(C(=O)N2CCN(Cc3ccccn3)CC2)C1(C)C. The monoisotopic (exact) mass is 327 g/mol. The predicted molar refractivity (Wildman–Crippen MR) is 96.3 cm³/mol. The van der Waals surface area contributed by atoms with Crippen molar-refractivity contribution < 1.29 is 4.79 Å². The first-order valence-electron chi connectivity index (χ1n) is 8.95. The lowest BCUT2D eigenvalue weighted by molar-refractivity contribution is -0.135. The van der Waals surface area contributed by atoms with Crippen LogP contribution in [0, 0.1) is 17.3 Å². The lowest BCUT2D eigenvalue weighted by Crippen LogP contribution is -2.49. The number of carbonyl (C=O) groups excluding carboxylic acids is 1. The molecular weight excluding hydrogens is 298 g/mol. The van der Waals surface area contributed by atoms with Crippen LogP contribution in [-0.2, 0) is 11.3 Å². The largest absolute Gasteiger partial charge is 0.340 e. The number of carbonyl (C=O) groups is 1. The van der Waals surface area contributed by atoms with E-state index in [2.05, 4.69) is 54.6 Å². The van der Waals surface area contributed by atoms with Gasteiger partial charge in [-0.1, -0.05) is 31.6 Å². The Morgan fingerprint density at radius 3 is 2.54 bits per heavy atom. The predicted octanol–water partition coefficient (Wildman–Crippen LogP) is 2.96. The van der Waals surface area contributed by atoms with Gasteiger partial charge in [0, 0.05) is 38.9 Å². The highest BCUT2D eigenvalue weighted by Gasteiger charge is 2.61. The second-order valence-corrected chi connectivity index (χ2v) is 7.99. The van der Waals surface area contributed by atoms with Crippen molar-refractivity contribution in [3.05, 3.63) is 41.7 Å². The third kappa shape index (κ3) is 3.54. The van der Waals surface area contributed by atoms with Crippen LogP contribution in [0.2, 0.25) is 0 Å². The maximum absolute atomic E-state index is 12.9. The number of nitrogens with zero attached hydrogens (tertiary/aromatic N) is 3. The molecule has 2 atom stereocenters. The van der Waals surface area contributed by atoms with Crippen molar-refractivity contribution in [1.82, 2.24) is 14.8 Å². The number of rotatable bonds is 4. The Balaban J connectivity index is 1.53. The van der Waals surface area contributed by atoms with E-state index in [0.717, 1.165) is 38.4 Å². The van der Waals surface area contributed by atoms with Gasteiger partial charge in [0.2, 0.25) is 5.91 Å². The molecule has 0 aromatic carbocycles. The molecule has 1 aromatic rings. The van der Waals surface area contributed by atoms with Crippen LogP contribution in [0.25, 0.3) is 0 Å². The maximum Gasteiger partial charge on any atom is 0.226 e. The quantitative estimate of drug-likeness (QED) is 0.798. The van der Waals surface area contributed by atoms with Gasteiger partial charge in [0.1, 0.15) is 0 Å². The molecule has 3 rings (SSSR count). The number of hydrogen-bond donors (Lipinski definition) is 0. The van der Waals surface area contributed by atoms with E-state index in [1.54, 1.807) is 0 Å². The first kappa shape index (κ1) is 17.2. The lowest BCUT2D eigenvalue weighted by Gasteiger charge is -2.35. The van der Waals surface area contributed by atoms with Crippen LogP contribution in [0.1, 0.15) is 33.4 Å². The Morgan fingerprint density at radius 2 is 1.96 bits per heavy atom. The highest BCUT2D eigenvalue weighted by Crippen LogP contribution is 2.60. The number of pyridine rings is 1. The van der Waals surface area contributed by atoms with Gasteiger partial charge in [-0.25, -0.2) is 0 Å². The molecular formula is C20H29N3O. The third-order valence-electron chi connectivity index (χ3n) is 5.49. The average Bonchev–Trinajstić information content (AvgIpc) is 3.08. The highest BCUT2D eigenvalue weighted by molar-refractivity contribution is 5.84. The number of hydrogen-bond acceptors (Lipinski definition) is 3. The fourth-order valence-electron chi connectivity index (χ4n) is 3.86. The van der Waals surface area contributed by atoms with Crippen molar-refractivity contribution in [2.45, 2.75) is 34.2 Å². The molecule has 4 heteroatoms. The van der Waals surface area contributed by atoms with E-state index in [4.69, 9.17) is 0 Å². The summed E-state index contributed by atoms with van der Waals surface area (Å²) < 4.78 is 0. The molecule has 1 aliphatic heterocycles. The molecule has 1 saturated carbocycles. The zero-order valence-corrected chi connectivity index (χ0v) is 15.3. The highest BCUT2D eigenvalue weighted by atomic mass is 16.2. The Morgan fingerprint density at radius 1 is 1.25 bits per heavy atom. The van der Waals surface area contributed by atoms with Crippen LogP contribution < -0.4 is 0 Å². The normalized spacial score (nSPS) is 26.1. The van der Waals surface area contributed by atoms with E-state index in [1.807, 2.05) is 18.3 Å². The van der Waals surface area contributed by atoms with Crippen LogP contribution in [-0.4, -0.2) is 46.9 Å². The summed E-state index contributed by atoms with van der Waals surface area (Å²) in [6.45, 7) is 13.1. The second kappa shape index (κ2) is 6.67. The zero-order chi connectivity index (χ0) is 17.3. The Bertz CT molecular complexity index is 611. The van der Waals surface area contributed by atoms with E-state index < -0.39 is 0 Å². The lowest BCUT2D eigenvalue weighted by atomic mass is 10.1. The molecule has 2 aliphatic rings. The number of amides is 1. The molecule has 24 heavy (non-hydrogen) atoms. The molecule has 130 valence electrons. The van der Waals surface area contributed by atoms with Gasteiger partial charge in [-0.15, -0.1) is 0 Å². The minimum absolute atomic E-state index is 0.111. The van der Waals surface area contributed by atoms with Crippen LogP contribution in [0.3, 0.4) is 0 Å². The van der Waals surface area contributed by atoms with Crippen molar-refractivity contribution in [3.8, 4) is 0 Å². The number of aromatic nitrogens is 1. The minimum Gasteiger partial charge on any atom is -0.340 e. The van der Waals surface area contributed by atoms with E-state index in [0.29, 0.717) is 11.8 Å². The Kier molecular flexibility index (Phi) is 4.77. The summed E-state index contributed by atoms with van der Waals surface area (Å²) in [5, 5.41) is 0. The van der Waals surface area contributed by atoms with Crippen LogP contribution in [0.4, 0.5) is 0 Å². The summed E-state index contributed by atoms with van der Waals surface area (Å²) >= 11 is 0. The first-order chi connectivity index (χ1) is 11.4. The second-order valence-electron chi connectivity index (χ2n) is 7.99. The number of allylic oxidation sites excluding steroid dienone is 2. The van der Waals surface area contributed by atoms with Gasteiger partial charge >= 0.3 is 0 Å². The molecule has 0 N–H and O–H groups in total. The molecule has 1 saturated heterocycles. The van der Waals surface area contributed by atoms with Crippen LogP contribution in [0.15, 0.2) is 36.0 Å². The topological polar surface area (TPSA) is 36.4 Å². The van der Waals surface area contributed by atoms with Gasteiger partial charge in [0.05, 0.1) is 11.6 Å². The molecule has 1 aromatic heterocycles. The summed E-state index contributed by atoms with van der Waals surface area (Å²) in [6.07, 6.45) is 4.12. The van der Waals surface area contributed by atoms with Crippen LogP contribution in [0.5, 0.6) is 0 Å². The summed E-state index contributed by atoms with van der Waals surface area (Å²) in [7, 11) is 0. The van der Waals surface area contributed by atoms with E-state index in [1.165, 1.54) is 5.57 Å². The molecule has 2 unspecified atom stereocenters. The first-order valence-corrected chi connectivity index (χ1v) is 8.95. The molecule has 0 bridgehead atoms. The standard InChI is InChI=1S/C20H29N3O/c1-15(2)13-17-18(20(17,3)4)19(24)23-11-9-22(10-12-23)14-16-7-5-6-8-21-16/h5-8,13,17-18H,9-12,14H2,1-4H3. The Labute approximate surface area is 145 Å². The van der Waals surface area contributed by atoms with Gasteiger partial charge in [0.25, 0.3) is 0 Å². The molecule has 0 spiro atoms. The van der Waals surface area contributed by atoms with Crippen LogP contribution >= 0.6 is 0 Å². The molecule has 2 fully saturated rings. The summed E-state index contributed by atoms with van der Waals surface area (Å²) in [5.74, 6) is 0.913. The van der Waals surface area contributed by atoms with Gasteiger partial charge in [-0.2, -0.15) is 0 Å². The maximum atomic E-state index is 12.9. The summed E-state index contributed by atoms with van der Waals surface area (Å²) in [4.78, 5) is 21.7. The van der Waals surface area contributed by atoms with Gasteiger partial charge < -0.3 is 4.90 Å². The molecule has 4 nitrogen and oxygen atoms in total. The molecule has 2 heterocycles. The third-order valence-corrected chi connectivity index (χ3v) is 5.49. The molecule has 1 amide bonds. The fraction of sp³-hybridized carbons (Fsp3) is 0.600. The molecule has 1 aliphatic carbocycles. The van der Waals surface area contributed by atoms with Crippen molar-refractivity contribution >= 4 is 5.91 Å². The zero-order valence-electron chi connectivity index (χ0n) is 15.3. The van der Waals surface area contributed by atoms with E-state index >= 15 is 0 Å². The van der Waals surface area contributed by atoms with Gasteiger partial charge in [-0.05, 0) is 37.3 Å². The van der Waals surface area contributed by atoms with Gasteiger partial charge in [0.15, 0.2) is 0 Å². The smallest absolute Gasteiger partial charge is 0.226 e. The average molecular weight is 327 g/mol. The van der Waals surface area contributed by atoms with Crippen molar-refractivity contribution in [3.63, 3.8) is 0 Å².